The quantitative estimate of drug-likeness (QED) is 0.715. The molecule has 0 radical (unpaired) electrons. The molecular formula is C9H11ClFN. The summed E-state index contributed by atoms with van der Waals surface area (Å²) in [4.78, 5) is 0. The Morgan fingerprint density at radius 3 is 2.25 bits per heavy atom. The molecule has 3 heteroatoms. The largest absolute Gasteiger partial charge is 0.319 e. The molecule has 1 nitrogen and oxygen atoms in total. The van der Waals surface area contributed by atoms with Crippen molar-refractivity contribution in [3.05, 3.63) is 35.9 Å². The van der Waals surface area contributed by atoms with Gasteiger partial charge in [0, 0.05) is 6.42 Å². The smallest absolute Gasteiger partial charge is 0.124 e. The average molecular weight is 188 g/mol. The molecule has 2 rings (SSSR count). The van der Waals surface area contributed by atoms with E-state index in [4.69, 9.17) is 5.73 Å². The van der Waals surface area contributed by atoms with Crippen molar-refractivity contribution in [3.8, 4) is 0 Å². The van der Waals surface area contributed by atoms with Gasteiger partial charge in [0.05, 0.1) is 5.54 Å². The highest BCUT2D eigenvalue weighted by molar-refractivity contribution is 5.85. The van der Waals surface area contributed by atoms with Crippen molar-refractivity contribution in [2.75, 3.05) is 0 Å². The minimum Gasteiger partial charge on any atom is -0.319 e. The summed E-state index contributed by atoms with van der Waals surface area (Å²) < 4.78 is 12.7. The van der Waals surface area contributed by atoms with Crippen LogP contribution in [0, 0.1) is 0 Å². The van der Waals surface area contributed by atoms with E-state index in [0.717, 1.165) is 5.56 Å². The highest BCUT2D eigenvalue weighted by Crippen LogP contribution is 2.45. The van der Waals surface area contributed by atoms with E-state index >= 15 is 0 Å². The summed E-state index contributed by atoms with van der Waals surface area (Å²) in [6, 6.07) is 9.42. The molecule has 0 saturated heterocycles. The van der Waals surface area contributed by atoms with E-state index in [1.807, 2.05) is 30.3 Å². The molecule has 1 aromatic rings. The fourth-order valence-corrected chi connectivity index (χ4v) is 1.28. The summed E-state index contributed by atoms with van der Waals surface area (Å²) >= 11 is 0. The number of nitrogens with two attached hydrogens (primary N) is 1. The summed E-state index contributed by atoms with van der Waals surface area (Å²) in [5.74, 6) is 0. The van der Waals surface area contributed by atoms with Gasteiger partial charge in [-0.1, -0.05) is 30.3 Å². The molecule has 1 saturated carbocycles. The maximum Gasteiger partial charge on any atom is 0.124 e. The molecule has 0 amide bonds. The van der Waals surface area contributed by atoms with Gasteiger partial charge < -0.3 is 5.73 Å². The van der Waals surface area contributed by atoms with Crippen molar-refractivity contribution >= 4 is 12.4 Å². The molecule has 1 aromatic carbocycles. The number of alkyl halides is 1. The van der Waals surface area contributed by atoms with Crippen LogP contribution in [0.3, 0.4) is 0 Å². The minimum absolute atomic E-state index is 0. The van der Waals surface area contributed by atoms with Crippen LogP contribution in [-0.2, 0) is 5.54 Å². The third-order valence-corrected chi connectivity index (χ3v) is 2.23. The molecule has 2 unspecified atom stereocenters. The van der Waals surface area contributed by atoms with Crippen molar-refractivity contribution in [3.63, 3.8) is 0 Å². The molecule has 12 heavy (non-hydrogen) atoms. The monoisotopic (exact) mass is 187 g/mol. The third kappa shape index (κ3) is 1.32. The molecule has 1 fully saturated rings. The average Bonchev–Trinajstić information content (AvgIpc) is 2.64. The highest BCUT2D eigenvalue weighted by Gasteiger charge is 2.53. The van der Waals surface area contributed by atoms with Crippen LogP contribution in [0.5, 0.6) is 0 Å². The second-order valence-corrected chi connectivity index (χ2v) is 3.08. The topological polar surface area (TPSA) is 26.0 Å². The van der Waals surface area contributed by atoms with E-state index in [1.165, 1.54) is 0 Å². The zero-order chi connectivity index (χ0) is 7.90. The van der Waals surface area contributed by atoms with Gasteiger partial charge in [0.1, 0.15) is 6.17 Å². The SMILES string of the molecule is Cl.NC1(c2ccccc2)CC1F. The Morgan fingerprint density at radius 1 is 1.33 bits per heavy atom. The van der Waals surface area contributed by atoms with Crippen LogP contribution in [0.15, 0.2) is 30.3 Å². The van der Waals surface area contributed by atoms with Gasteiger partial charge in [-0.3, -0.25) is 0 Å². The first kappa shape index (κ1) is 9.49. The Hall–Kier alpha value is -0.600. The third-order valence-electron chi connectivity index (χ3n) is 2.23. The maximum atomic E-state index is 12.7. The summed E-state index contributed by atoms with van der Waals surface area (Å²) in [6.07, 6.45) is -0.373. The molecule has 0 aromatic heterocycles. The lowest BCUT2D eigenvalue weighted by Crippen LogP contribution is -2.22. The van der Waals surface area contributed by atoms with Crippen molar-refractivity contribution in [2.24, 2.45) is 5.73 Å². The van der Waals surface area contributed by atoms with Gasteiger partial charge in [0.2, 0.25) is 0 Å². The van der Waals surface area contributed by atoms with Crippen LogP contribution >= 0.6 is 12.4 Å². The van der Waals surface area contributed by atoms with Gasteiger partial charge in [0.25, 0.3) is 0 Å². The predicted octanol–water partition coefficient (Wildman–Crippen LogP) is 2.00. The second-order valence-electron chi connectivity index (χ2n) is 3.08. The van der Waals surface area contributed by atoms with E-state index in [9.17, 15) is 4.39 Å². The number of hydrogen-bond donors (Lipinski definition) is 1. The Morgan fingerprint density at radius 2 is 1.83 bits per heavy atom. The predicted molar refractivity (Wildman–Crippen MR) is 49.1 cm³/mol. The van der Waals surface area contributed by atoms with Crippen LogP contribution in [0.2, 0.25) is 0 Å². The molecule has 66 valence electrons. The lowest BCUT2D eigenvalue weighted by Gasteiger charge is -2.07. The number of rotatable bonds is 1. The number of halogens is 2. The number of hydrogen-bond acceptors (Lipinski definition) is 1. The first-order valence-electron chi connectivity index (χ1n) is 3.72. The van der Waals surface area contributed by atoms with Crippen molar-refractivity contribution in [1.29, 1.82) is 0 Å². The van der Waals surface area contributed by atoms with Crippen LogP contribution in [-0.4, -0.2) is 6.17 Å². The Labute approximate surface area is 77.2 Å². The standard InChI is InChI=1S/C9H10FN.ClH/c10-8-6-9(8,11)7-4-2-1-3-5-7;/h1-5,8H,6,11H2;1H. The van der Waals surface area contributed by atoms with Crippen LogP contribution in [0.4, 0.5) is 4.39 Å². The van der Waals surface area contributed by atoms with Crippen LogP contribution in [0.25, 0.3) is 0 Å². The number of benzene rings is 1. The lowest BCUT2D eigenvalue weighted by molar-refractivity contribution is 0.425. The van der Waals surface area contributed by atoms with Crippen molar-refractivity contribution < 1.29 is 4.39 Å². The van der Waals surface area contributed by atoms with Gasteiger partial charge >= 0.3 is 0 Å². The molecule has 0 spiro atoms. The van der Waals surface area contributed by atoms with Gasteiger partial charge in [-0.15, -0.1) is 12.4 Å². The van der Waals surface area contributed by atoms with E-state index in [1.54, 1.807) is 0 Å². The van der Waals surface area contributed by atoms with Crippen LogP contribution in [0.1, 0.15) is 12.0 Å². The molecule has 1 aliphatic rings. The van der Waals surface area contributed by atoms with Gasteiger partial charge in [0.15, 0.2) is 0 Å². The molecule has 2 N–H and O–H groups in total. The Kier molecular flexibility index (Phi) is 2.40. The van der Waals surface area contributed by atoms with E-state index in [-0.39, 0.29) is 12.4 Å². The van der Waals surface area contributed by atoms with Gasteiger partial charge in [-0.2, -0.15) is 0 Å². The van der Waals surface area contributed by atoms with Gasteiger partial charge in [-0.05, 0) is 5.56 Å². The van der Waals surface area contributed by atoms with E-state index in [2.05, 4.69) is 0 Å². The van der Waals surface area contributed by atoms with Gasteiger partial charge in [-0.25, -0.2) is 4.39 Å². The fourth-order valence-electron chi connectivity index (χ4n) is 1.28. The first-order valence-corrected chi connectivity index (χ1v) is 3.72. The van der Waals surface area contributed by atoms with Crippen LogP contribution < -0.4 is 5.73 Å². The zero-order valence-corrected chi connectivity index (χ0v) is 7.35. The minimum atomic E-state index is -0.843. The Bertz CT molecular complexity index is 264. The second kappa shape index (κ2) is 3.04. The molecule has 0 heterocycles. The summed E-state index contributed by atoms with van der Waals surface area (Å²) in [6.45, 7) is 0. The van der Waals surface area contributed by atoms with E-state index in [0.29, 0.717) is 6.42 Å². The van der Waals surface area contributed by atoms with E-state index < -0.39 is 11.7 Å². The summed E-state index contributed by atoms with van der Waals surface area (Å²) in [5, 5.41) is 0. The molecule has 0 aliphatic heterocycles. The lowest BCUT2D eigenvalue weighted by atomic mass is 10.1. The normalized spacial score (nSPS) is 32.3. The summed E-state index contributed by atoms with van der Waals surface area (Å²) in [7, 11) is 0. The molecule has 0 bridgehead atoms. The molecule has 1 aliphatic carbocycles. The highest BCUT2D eigenvalue weighted by atomic mass is 35.5. The van der Waals surface area contributed by atoms with Crippen molar-refractivity contribution in [2.45, 2.75) is 18.1 Å². The zero-order valence-electron chi connectivity index (χ0n) is 6.53. The molecular weight excluding hydrogens is 177 g/mol. The molecule has 2 atom stereocenters. The fraction of sp³-hybridized carbons (Fsp3) is 0.333. The Balaban J connectivity index is 0.000000720. The maximum absolute atomic E-state index is 12.7. The summed E-state index contributed by atoms with van der Waals surface area (Å²) in [5.41, 5.74) is 5.98. The van der Waals surface area contributed by atoms with Crippen molar-refractivity contribution in [1.82, 2.24) is 0 Å². The first-order chi connectivity index (χ1) is 5.23.